The molecule has 4 nitrogen and oxygen atoms in total. The van der Waals surface area contributed by atoms with Crippen molar-refractivity contribution < 1.29 is 23.4 Å². The van der Waals surface area contributed by atoms with E-state index in [1.807, 2.05) is 0 Å². The average Bonchev–Trinajstić information content (AvgIpc) is 2.37. The van der Waals surface area contributed by atoms with E-state index in [2.05, 4.69) is 4.74 Å². The van der Waals surface area contributed by atoms with Gasteiger partial charge in [-0.25, -0.2) is 9.18 Å². The van der Waals surface area contributed by atoms with Gasteiger partial charge in [-0.05, 0) is 19.1 Å². The molecule has 5 heteroatoms. The number of alkyl halides is 1. The number of hydrogen-bond acceptors (Lipinski definition) is 4. The first kappa shape index (κ1) is 13.3. The maximum absolute atomic E-state index is 13.8. The van der Waals surface area contributed by atoms with Crippen molar-refractivity contribution in [3.63, 3.8) is 0 Å². The van der Waals surface area contributed by atoms with Gasteiger partial charge in [0.2, 0.25) is 6.17 Å². The first-order chi connectivity index (χ1) is 8.13. The van der Waals surface area contributed by atoms with Gasteiger partial charge in [0.15, 0.2) is 0 Å². The molecule has 17 heavy (non-hydrogen) atoms. The fourth-order valence-corrected chi connectivity index (χ4v) is 1.37. The third-order valence-corrected chi connectivity index (χ3v) is 2.21. The van der Waals surface area contributed by atoms with Gasteiger partial charge in [0.25, 0.3) is 0 Å². The molecule has 0 heterocycles. The summed E-state index contributed by atoms with van der Waals surface area (Å²) in [5.74, 6) is -0.137. The summed E-state index contributed by atoms with van der Waals surface area (Å²) in [5, 5.41) is 0. The van der Waals surface area contributed by atoms with E-state index in [1.165, 1.54) is 26.4 Å². The summed E-state index contributed by atoms with van der Waals surface area (Å²) in [6.45, 7) is 1.76. The normalized spacial score (nSPS) is 11.8. The van der Waals surface area contributed by atoms with E-state index in [-0.39, 0.29) is 17.9 Å². The summed E-state index contributed by atoms with van der Waals surface area (Å²) in [7, 11) is 2.89. The van der Waals surface area contributed by atoms with Gasteiger partial charge in [-0.1, -0.05) is 0 Å². The predicted molar refractivity (Wildman–Crippen MR) is 60.0 cm³/mol. The number of benzene rings is 1. The van der Waals surface area contributed by atoms with Crippen LogP contribution in [0, 0.1) is 0 Å². The number of rotatable bonds is 5. The average molecular weight is 242 g/mol. The van der Waals surface area contributed by atoms with Gasteiger partial charge >= 0.3 is 5.97 Å². The van der Waals surface area contributed by atoms with Crippen LogP contribution in [0.4, 0.5) is 4.39 Å². The van der Waals surface area contributed by atoms with Gasteiger partial charge in [0, 0.05) is 11.6 Å². The predicted octanol–water partition coefficient (Wildman–Crippen LogP) is 2.28. The zero-order valence-electron chi connectivity index (χ0n) is 10.0. The molecule has 0 aromatic heterocycles. The van der Waals surface area contributed by atoms with Crippen LogP contribution in [0.3, 0.4) is 0 Å². The van der Waals surface area contributed by atoms with Crippen molar-refractivity contribution in [2.45, 2.75) is 13.1 Å². The van der Waals surface area contributed by atoms with Crippen molar-refractivity contribution in [2.75, 3.05) is 20.8 Å². The van der Waals surface area contributed by atoms with Gasteiger partial charge in [0.05, 0.1) is 20.8 Å². The van der Waals surface area contributed by atoms with Crippen LogP contribution in [0.2, 0.25) is 0 Å². The number of carbonyl (C=O) groups is 1. The van der Waals surface area contributed by atoms with Gasteiger partial charge in [0.1, 0.15) is 11.5 Å². The van der Waals surface area contributed by atoms with Crippen LogP contribution in [-0.2, 0) is 9.53 Å². The minimum atomic E-state index is -1.85. The summed E-state index contributed by atoms with van der Waals surface area (Å²) in [6.07, 6.45) is -1.85. The standard InChI is InChI=1S/C12H15FO4/c1-4-17-12(14)11(13)9-6-5-8(15-2)7-10(9)16-3/h5-7,11H,4H2,1-3H3. The lowest BCUT2D eigenvalue weighted by atomic mass is 10.1. The summed E-state index contributed by atoms with van der Waals surface area (Å²) in [6, 6.07) is 4.52. The highest BCUT2D eigenvalue weighted by Crippen LogP contribution is 2.32. The van der Waals surface area contributed by atoms with Crippen LogP contribution < -0.4 is 9.47 Å². The molecule has 1 rings (SSSR count). The SMILES string of the molecule is CCOC(=O)C(F)c1ccc(OC)cc1OC. The van der Waals surface area contributed by atoms with Crippen molar-refractivity contribution in [3.8, 4) is 11.5 Å². The Morgan fingerprint density at radius 1 is 1.35 bits per heavy atom. The summed E-state index contributed by atoms with van der Waals surface area (Å²) < 4.78 is 28.4. The maximum Gasteiger partial charge on any atom is 0.345 e. The Morgan fingerprint density at radius 2 is 2.06 bits per heavy atom. The minimum absolute atomic E-state index is 0.131. The second-order valence-electron chi connectivity index (χ2n) is 3.22. The second-order valence-corrected chi connectivity index (χ2v) is 3.22. The summed E-state index contributed by atoms with van der Waals surface area (Å²) in [4.78, 5) is 11.3. The molecule has 1 aromatic carbocycles. The molecule has 94 valence electrons. The van der Waals surface area contributed by atoms with Crippen molar-refractivity contribution in [1.82, 2.24) is 0 Å². The second kappa shape index (κ2) is 6.08. The van der Waals surface area contributed by atoms with Gasteiger partial charge in [-0.3, -0.25) is 0 Å². The molecular formula is C12H15FO4. The molecule has 1 unspecified atom stereocenters. The largest absolute Gasteiger partial charge is 0.497 e. The molecule has 0 fully saturated rings. The van der Waals surface area contributed by atoms with E-state index < -0.39 is 12.1 Å². The van der Waals surface area contributed by atoms with Gasteiger partial charge in [-0.2, -0.15) is 0 Å². The van der Waals surface area contributed by atoms with E-state index in [0.717, 1.165) is 0 Å². The van der Waals surface area contributed by atoms with E-state index in [1.54, 1.807) is 13.0 Å². The van der Waals surface area contributed by atoms with Gasteiger partial charge in [-0.15, -0.1) is 0 Å². The molecule has 0 amide bonds. The smallest absolute Gasteiger partial charge is 0.345 e. The fourth-order valence-electron chi connectivity index (χ4n) is 1.37. The molecule has 0 saturated carbocycles. The van der Waals surface area contributed by atoms with Crippen molar-refractivity contribution in [1.29, 1.82) is 0 Å². The number of carbonyl (C=O) groups excluding carboxylic acids is 1. The summed E-state index contributed by atoms with van der Waals surface area (Å²) in [5.41, 5.74) is 0.131. The maximum atomic E-state index is 13.8. The molecule has 0 saturated heterocycles. The van der Waals surface area contributed by atoms with Gasteiger partial charge < -0.3 is 14.2 Å². The van der Waals surface area contributed by atoms with Crippen LogP contribution in [0.25, 0.3) is 0 Å². The van der Waals surface area contributed by atoms with Crippen LogP contribution in [0.5, 0.6) is 11.5 Å². The number of ether oxygens (including phenoxy) is 3. The minimum Gasteiger partial charge on any atom is -0.497 e. The lowest BCUT2D eigenvalue weighted by molar-refractivity contribution is -0.149. The Kier molecular flexibility index (Phi) is 4.75. The lowest BCUT2D eigenvalue weighted by Gasteiger charge is -2.13. The van der Waals surface area contributed by atoms with E-state index >= 15 is 0 Å². The molecule has 1 atom stereocenters. The molecule has 0 bridgehead atoms. The molecular weight excluding hydrogens is 227 g/mol. The molecule has 0 aliphatic carbocycles. The Labute approximate surface area is 99.3 Å². The Balaban J connectivity index is 3.00. The molecule has 0 spiro atoms. The lowest BCUT2D eigenvalue weighted by Crippen LogP contribution is -2.12. The highest BCUT2D eigenvalue weighted by Gasteiger charge is 2.24. The molecule has 0 N–H and O–H groups in total. The zero-order chi connectivity index (χ0) is 12.8. The summed E-state index contributed by atoms with van der Waals surface area (Å²) >= 11 is 0. The molecule has 1 aromatic rings. The van der Waals surface area contributed by atoms with Crippen molar-refractivity contribution >= 4 is 5.97 Å². The van der Waals surface area contributed by atoms with Crippen LogP contribution in [0.1, 0.15) is 18.7 Å². The molecule has 0 aliphatic heterocycles. The number of hydrogen-bond donors (Lipinski definition) is 0. The fraction of sp³-hybridized carbons (Fsp3) is 0.417. The third-order valence-electron chi connectivity index (χ3n) is 2.21. The third kappa shape index (κ3) is 3.09. The van der Waals surface area contributed by atoms with Crippen molar-refractivity contribution in [2.24, 2.45) is 0 Å². The topological polar surface area (TPSA) is 44.8 Å². The van der Waals surface area contributed by atoms with E-state index in [4.69, 9.17) is 9.47 Å². The molecule has 0 aliphatic rings. The Bertz CT molecular complexity index is 392. The van der Waals surface area contributed by atoms with Crippen molar-refractivity contribution in [3.05, 3.63) is 23.8 Å². The monoisotopic (exact) mass is 242 g/mol. The quantitative estimate of drug-likeness (QED) is 0.743. The van der Waals surface area contributed by atoms with E-state index in [9.17, 15) is 9.18 Å². The van der Waals surface area contributed by atoms with Crippen LogP contribution in [0.15, 0.2) is 18.2 Å². The Morgan fingerprint density at radius 3 is 2.59 bits per heavy atom. The number of esters is 1. The number of methoxy groups -OCH3 is 2. The molecule has 0 radical (unpaired) electrons. The number of halogens is 1. The van der Waals surface area contributed by atoms with Crippen LogP contribution >= 0.6 is 0 Å². The first-order valence-electron chi connectivity index (χ1n) is 5.16. The van der Waals surface area contributed by atoms with E-state index in [0.29, 0.717) is 5.75 Å². The Hall–Kier alpha value is -1.78. The van der Waals surface area contributed by atoms with Crippen LogP contribution in [-0.4, -0.2) is 26.8 Å². The highest BCUT2D eigenvalue weighted by molar-refractivity contribution is 5.77. The first-order valence-corrected chi connectivity index (χ1v) is 5.16. The zero-order valence-corrected chi connectivity index (χ0v) is 10.0. The highest BCUT2D eigenvalue weighted by atomic mass is 19.1.